The molecule has 0 saturated carbocycles. The van der Waals surface area contributed by atoms with Crippen molar-refractivity contribution in [2.24, 2.45) is 5.73 Å². The summed E-state index contributed by atoms with van der Waals surface area (Å²) in [7, 11) is 0. The molecule has 0 aliphatic rings. The Hall–Kier alpha value is -1.17. The molecule has 0 spiro atoms. The zero-order valence-corrected chi connectivity index (χ0v) is 9.97. The summed E-state index contributed by atoms with van der Waals surface area (Å²) >= 11 is 5.62. The van der Waals surface area contributed by atoms with Crippen LogP contribution in [0, 0.1) is 5.82 Å². The lowest BCUT2D eigenvalue weighted by Crippen LogP contribution is -2.24. The number of hydrogen-bond acceptors (Lipinski definition) is 3. The summed E-state index contributed by atoms with van der Waals surface area (Å²) in [6.07, 6.45) is 0. The van der Waals surface area contributed by atoms with Gasteiger partial charge in [0.1, 0.15) is 12.4 Å². The van der Waals surface area contributed by atoms with Crippen LogP contribution in [0.4, 0.5) is 4.39 Å². The molecule has 4 nitrogen and oxygen atoms in total. The van der Waals surface area contributed by atoms with Crippen molar-refractivity contribution in [1.29, 1.82) is 0 Å². The van der Waals surface area contributed by atoms with Crippen LogP contribution in [-0.2, 0) is 16.1 Å². The number of primary amides is 1. The van der Waals surface area contributed by atoms with Gasteiger partial charge in [-0.05, 0) is 12.1 Å². The Bertz CT molecular complexity index is 388. The van der Waals surface area contributed by atoms with Crippen molar-refractivity contribution in [2.75, 3.05) is 19.8 Å². The van der Waals surface area contributed by atoms with Crippen molar-refractivity contribution in [3.8, 4) is 0 Å². The lowest BCUT2D eigenvalue weighted by Gasteiger charge is -2.06. The van der Waals surface area contributed by atoms with Gasteiger partial charge in [0.25, 0.3) is 0 Å². The van der Waals surface area contributed by atoms with Crippen molar-refractivity contribution in [2.45, 2.75) is 6.54 Å². The van der Waals surface area contributed by atoms with Crippen LogP contribution in [0.5, 0.6) is 0 Å². The monoisotopic (exact) mass is 260 g/mol. The van der Waals surface area contributed by atoms with E-state index in [-0.39, 0.29) is 12.4 Å². The average molecular weight is 261 g/mol. The Labute approximate surface area is 104 Å². The van der Waals surface area contributed by atoms with Gasteiger partial charge >= 0.3 is 0 Å². The van der Waals surface area contributed by atoms with Gasteiger partial charge in [-0.15, -0.1) is 0 Å². The fourth-order valence-corrected chi connectivity index (χ4v) is 1.36. The molecule has 6 heteroatoms. The number of rotatable bonds is 7. The van der Waals surface area contributed by atoms with Crippen molar-refractivity contribution in [3.05, 3.63) is 34.6 Å². The van der Waals surface area contributed by atoms with E-state index in [4.69, 9.17) is 22.1 Å². The molecule has 3 N–H and O–H groups in total. The highest BCUT2D eigenvalue weighted by Gasteiger charge is 2.02. The van der Waals surface area contributed by atoms with Gasteiger partial charge in [-0.25, -0.2) is 4.39 Å². The molecule has 0 aromatic heterocycles. The topological polar surface area (TPSA) is 64.4 Å². The van der Waals surface area contributed by atoms with E-state index < -0.39 is 5.91 Å². The summed E-state index contributed by atoms with van der Waals surface area (Å²) in [5, 5.41) is 3.35. The smallest absolute Gasteiger partial charge is 0.243 e. The molecule has 0 heterocycles. The number of nitrogens with two attached hydrogens (primary N) is 1. The van der Waals surface area contributed by atoms with Gasteiger partial charge in [-0.1, -0.05) is 17.7 Å². The number of halogens is 2. The van der Waals surface area contributed by atoms with Crippen molar-refractivity contribution in [1.82, 2.24) is 5.32 Å². The van der Waals surface area contributed by atoms with E-state index in [9.17, 15) is 9.18 Å². The Morgan fingerprint density at radius 1 is 1.53 bits per heavy atom. The highest BCUT2D eigenvalue weighted by Crippen LogP contribution is 2.14. The van der Waals surface area contributed by atoms with Crippen LogP contribution < -0.4 is 11.1 Å². The largest absolute Gasteiger partial charge is 0.370 e. The van der Waals surface area contributed by atoms with Gasteiger partial charge in [0.05, 0.1) is 6.61 Å². The molecule has 1 amide bonds. The van der Waals surface area contributed by atoms with E-state index in [2.05, 4.69) is 5.32 Å². The summed E-state index contributed by atoms with van der Waals surface area (Å²) in [6.45, 7) is 1.13. The van der Waals surface area contributed by atoms with Crippen LogP contribution in [0.2, 0.25) is 5.02 Å². The molecule has 0 aliphatic heterocycles. The van der Waals surface area contributed by atoms with Gasteiger partial charge in [-0.3, -0.25) is 4.79 Å². The fourth-order valence-electron chi connectivity index (χ4n) is 1.21. The third kappa shape index (κ3) is 5.63. The van der Waals surface area contributed by atoms with Gasteiger partial charge < -0.3 is 15.8 Å². The lowest BCUT2D eigenvalue weighted by molar-refractivity contribution is -0.122. The molecule has 1 aromatic rings. The number of hydrogen-bond donors (Lipinski definition) is 2. The molecule has 0 fully saturated rings. The predicted octanol–water partition coefficient (Wildman–Crippen LogP) is 1.07. The highest BCUT2D eigenvalue weighted by atomic mass is 35.5. The van der Waals surface area contributed by atoms with E-state index in [1.54, 1.807) is 12.1 Å². The van der Waals surface area contributed by atoms with Crippen LogP contribution in [0.1, 0.15) is 5.56 Å². The fraction of sp³-hybridized carbons (Fsp3) is 0.364. The second-order valence-electron chi connectivity index (χ2n) is 3.43. The van der Waals surface area contributed by atoms with E-state index in [0.717, 1.165) is 0 Å². The molecule has 0 radical (unpaired) electrons. The molecule has 0 atom stereocenters. The standard InChI is InChI=1S/C11H14ClFN2O2/c12-9-2-1-8(10(13)5-9)6-15-3-4-17-7-11(14)16/h1-2,5,15H,3-4,6-7H2,(H2,14,16). The van der Waals surface area contributed by atoms with Gasteiger partial charge in [0.2, 0.25) is 5.91 Å². The Morgan fingerprint density at radius 2 is 2.29 bits per heavy atom. The molecule has 0 aliphatic carbocycles. The van der Waals surface area contributed by atoms with Gasteiger partial charge in [-0.2, -0.15) is 0 Å². The summed E-state index contributed by atoms with van der Waals surface area (Å²) in [6, 6.07) is 4.52. The van der Waals surface area contributed by atoms with Gasteiger partial charge in [0.15, 0.2) is 0 Å². The maximum atomic E-state index is 13.3. The minimum absolute atomic E-state index is 0.100. The molecule has 0 unspecified atom stereocenters. The van der Waals surface area contributed by atoms with E-state index in [1.165, 1.54) is 6.07 Å². The quantitative estimate of drug-likeness (QED) is 0.721. The molecular weight excluding hydrogens is 247 g/mol. The maximum absolute atomic E-state index is 13.3. The molecule has 0 bridgehead atoms. The van der Waals surface area contributed by atoms with Crippen molar-refractivity contribution >= 4 is 17.5 Å². The van der Waals surface area contributed by atoms with E-state index in [1.807, 2.05) is 0 Å². The summed E-state index contributed by atoms with van der Waals surface area (Å²) < 4.78 is 18.2. The van der Waals surface area contributed by atoms with E-state index >= 15 is 0 Å². The van der Waals surface area contributed by atoms with Crippen LogP contribution in [0.15, 0.2) is 18.2 Å². The molecule has 17 heavy (non-hydrogen) atoms. The maximum Gasteiger partial charge on any atom is 0.243 e. The molecule has 94 valence electrons. The Balaban J connectivity index is 2.20. The number of ether oxygens (including phenoxy) is 1. The molecule has 0 saturated heterocycles. The SMILES string of the molecule is NC(=O)COCCNCc1ccc(Cl)cc1F. The normalized spacial score (nSPS) is 10.5. The third-order valence-electron chi connectivity index (χ3n) is 2.00. The molecule has 1 rings (SSSR count). The van der Waals surface area contributed by atoms with Crippen LogP contribution in [-0.4, -0.2) is 25.7 Å². The van der Waals surface area contributed by atoms with Gasteiger partial charge in [0, 0.05) is 23.7 Å². The predicted molar refractivity (Wildman–Crippen MR) is 63.1 cm³/mol. The minimum atomic E-state index is -0.506. The zero-order valence-electron chi connectivity index (χ0n) is 9.21. The first kappa shape index (κ1) is 13.9. The van der Waals surface area contributed by atoms with Crippen molar-refractivity contribution in [3.63, 3.8) is 0 Å². The second kappa shape index (κ2) is 7.21. The molecule has 1 aromatic carbocycles. The zero-order chi connectivity index (χ0) is 12.7. The first-order valence-electron chi connectivity index (χ1n) is 5.10. The number of nitrogens with one attached hydrogen (secondary N) is 1. The lowest BCUT2D eigenvalue weighted by atomic mass is 10.2. The Morgan fingerprint density at radius 3 is 2.94 bits per heavy atom. The number of amides is 1. The first-order chi connectivity index (χ1) is 8.09. The van der Waals surface area contributed by atoms with E-state index in [0.29, 0.717) is 30.3 Å². The summed E-state index contributed by atoms with van der Waals surface area (Å²) in [5.74, 6) is -0.850. The third-order valence-corrected chi connectivity index (χ3v) is 2.23. The summed E-state index contributed by atoms with van der Waals surface area (Å²) in [5.41, 5.74) is 5.42. The Kier molecular flexibility index (Phi) is 5.90. The van der Waals surface area contributed by atoms with Crippen LogP contribution in [0.3, 0.4) is 0 Å². The number of carbonyl (C=O) groups is 1. The highest BCUT2D eigenvalue weighted by molar-refractivity contribution is 6.30. The van der Waals surface area contributed by atoms with Crippen LogP contribution >= 0.6 is 11.6 Å². The second-order valence-corrected chi connectivity index (χ2v) is 3.87. The average Bonchev–Trinajstić information content (AvgIpc) is 2.25. The first-order valence-corrected chi connectivity index (χ1v) is 5.48. The number of benzene rings is 1. The molecular formula is C11H14ClFN2O2. The summed E-state index contributed by atoms with van der Waals surface area (Å²) in [4.78, 5) is 10.3. The number of carbonyl (C=O) groups excluding carboxylic acids is 1. The van der Waals surface area contributed by atoms with Crippen molar-refractivity contribution < 1.29 is 13.9 Å². The minimum Gasteiger partial charge on any atom is -0.370 e. The van der Waals surface area contributed by atoms with Crippen LogP contribution in [0.25, 0.3) is 0 Å².